The molecular formula is C12H18F2N2O3. The van der Waals surface area contributed by atoms with E-state index in [9.17, 15) is 18.4 Å². The van der Waals surface area contributed by atoms with Crippen molar-refractivity contribution in [2.75, 3.05) is 13.1 Å². The quantitative estimate of drug-likeness (QED) is 0.806. The second-order valence-corrected chi connectivity index (χ2v) is 5.36. The molecule has 1 aliphatic carbocycles. The lowest BCUT2D eigenvalue weighted by Crippen LogP contribution is -2.46. The molecule has 2 fully saturated rings. The van der Waals surface area contributed by atoms with Crippen LogP contribution in [0.15, 0.2) is 0 Å². The lowest BCUT2D eigenvalue weighted by atomic mass is 9.86. The topological polar surface area (TPSA) is 69.6 Å². The second kappa shape index (κ2) is 5.30. The molecule has 0 bridgehead atoms. The van der Waals surface area contributed by atoms with E-state index >= 15 is 0 Å². The molecular weight excluding hydrogens is 258 g/mol. The van der Waals surface area contributed by atoms with Gasteiger partial charge >= 0.3 is 12.0 Å². The van der Waals surface area contributed by atoms with E-state index in [2.05, 4.69) is 5.32 Å². The van der Waals surface area contributed by atoms with Gasteiger partial charge in [-0.15, -0.1) is 0 Å². The third-order valence-electron chi connectivity index (χ3n) is 3.86. The largest absolute Gasteiger partial charge is 0.481 e. The number of carboxylic acids is 1. The zero-order valence-electron chi connectivity index (χ0n) is 10.6. The summed E-state index contributed by atoms with van der Waals surface area (Å²) < 4.78 is 26.0. The summed E-state index contributed by atoms with van der Waals surface area (Å²) in [5, 5.41) is 11.6. The van der Waals surface area contributed by atoms with Crippen molar-refractivity contribution in [3.63, 3.8) is 0 Å². The summed E-state index contributed by atoms with van der Waals surface area (Å²) >= 11 is 0. The molecule has 1 aliphatic heterocycles. The van der Waals surface area contributed by atoms with Crippen LogP contribution in [0.1, 0.15) is 32.1 Å². The highest BCUT2D eigenvalue weighted by atomic mass is 19.3. The summed E-state index contributed by atoms with van der Waals surface area (Å²) in [6.45, 7) is -0.452. The molecule has 1 heterocycles. The molecule has 0 unspecified atom stereocenters. The van der Waals surface area contributed by atoms with Gasteiger partial charge in [0.05, 0.1) is 12.5 Å². The van der Waals surface area contributed by atoms with E-state index in [-0.39, 0.29) is 24.9 Å². The number of nitrogens with one attached hydrogen (secondary N) is 1. The first-order valence-corrected chi connectivity index (χ1v) is 6.53. The van der Waals surface area contributed by atoms with Gasteiger partial charge in [0, 0.05) is 19.0 Å². The Labute approximate surface area is 109 Å². The standard InChI is InChI=1S/C12H18F2N2O3/c13-12(14)5-6-16(7-12)11(19)15-9-3-1-8(2-4-9)10(17)18/h8-9H,1-7H2,(H,15,19)(H,17,18). The van der Waals surface area contributed by atoms with Crippen molar-refractivity contribution in [2.45, 2.75) is 44.1 Å². The fraction of sp³-hybridized carbons (Fsp3) is 0.833. The minimum atomic E-state index is -2.78. The van der Waals surface area contributed by atoms with Crippen LogP contribution in [0.4, 0.5) is 13.6 Å². The zero-order valence-corrected chi connectivity index (χ0v) is 10.6. The lowest BCUT2D eigenvalue weighted by molar-refractivity contribution is -0.142. The molecule has 1 saturated heterocycles. The number of aliphatic carboxylic acids is 1. The summed E-state index contributed by atoms with van der Waals surface area (Å²) in [5.74, 6) is -3.92. The molecule has 2 rings (SSSR count). The number of hydrogen-bond donors (Lipinski definition) is 2. The Morgan fingerprint density at radius 1 is 1.21 bits per heavy atom. The SMILES string of the molecule is O=C(O)C1CCC(NC(=O)N2CCC(F)(F)C2)CC1. The van der Waals surface area contributed by atoms with Crippen LogP contribution in [0, 0.1) is 5.92 Å². The van der Waals surface area contributed by atoms with Crippen molar-refractivity contribution in [2.24, 2.45) is 5.92 Å². The Balaban J connectivity index is 1.77. The highest BCUT2D eigenvalue weighted by Gasteiger charge is 2.40. The molecule has 1 saturated carbocycles. The van der Waals surface area contributed by atoms with Crippen molar-refractivity contribution < 1.29 is 23.5 Å². The Morgan fingerprint density at radius 2 is 1.84 bits per heavy atom. The first kappa shape index (κ1) is 14.0. The number of carbonyl (C=O) groups is 2. The Morgan fingerprint density at radius 3 is 2.32 bits per heavy atom. The van der Waals surface area contributed by atoms with Gasteiger partial charge in [-0.2, -0.15) is 0 Å². The fourth-order valence-electron chi connectivity index (χ4n) is 2.66. The Kier molecular flexibility index (Phi) is 3.91. The summed E-state index contributed by atoms with van der Waals surface area (Å²) in [7, 11) is 0. The molecule has 5 nitrogen and oxygen atoms in total. The zero-order chi connectivity index (χ0) is 14.0. The maximum Gasteiger partial charge on any atom is 0.317 e. The number of rotatable bonds is 2. The first-order valence-electron chi connectivity index (χ1n) is 6.53. The summed E-state index contributed by atoms with van der Waals surface area (Å²) in [5.41, 5.74) is 0. The van der Waals surface area contributed by atoms with E-state index in [4.69, 9.17) is 5.11 Å². The van der Waals surface area contributed by atoms with Crippen LogP contribution in [0.2, 0.25) is 0 Å². The van der Waals surface area contributed by atoms with Gasteiger partial charge in [0.1, 0.15) is 0 Å². The van der Waals surface area contributed by atoms with Crippen LogP contribution in [-0.4, -0.2) is 47.1 Å². The predicted octanol–water partition coefficient (Wildman–Crippen LogP) is 1.68. The van der Waals surface area contributed by atoms with Crippen molar-refractivity contribution in [1.29, 1.82) is 0 Å². The molecule has 7 heteroatoms. The molecule has 19 heavy (non-hydrogen) atoms. The molecule has 108 valence electrons. The van der Waals surface area contributed by atoms with E-state index in [0.29, 0.717) is 25.7 Å². The fourth-order valence-corrected chi connectivity index (χ4v) is 2.66. The van der Waals surface area contributed by atoms with Crippen LogP contribution >= 0.6 is 0 Å². The number of nitrogens with zero attached hydrogens (tertiary/aromatic N) is 1. The van der Waals surface area contributed by atoms with Gasteiger partial charge in [-0.05, 0) is 25.7 Å². The monoisotopic (exact) mass is 276 g/mol. The minimum Gasteiger partial charge on any atom is -0.481 e. The lowest BCUT2D eigenvalue weighted by Gasteiger charge is -2.28. The van der Waals surface area contributed by atoms with E-state index in [1.165, 1.54) is 0 Å². The smallest absolute Gasteiger partial charge is 0.317 e. The summed E-state index contributed by atoms with van der Waals surface area (Å²) in [4.78, 5) is 23.7. The number of halogens is 2. The van der Waals surface area contributed by atoms with Gasteiger partial charge in [0.25, 0.3) is 5.92 Å². The predicted molar refractivity (Wildman–Crippen MR) is 63.1 cm³/mol. The number of likely N-dealkylation sites (tertiary alicyclic amines) is 1. The van der Waals surface area contributed by atoms with Gasteiger partial charge in [-0.25, -0.2) is 13.6 Å². The van der Waals surface area contributed by atoms with Crippen molar-refractivity contribution in [1.82, 2.24) is 10.2 Å². The molecule has 0 radical (unpaired) electrons. The normalized spacial score (nSPS) is 30.1. The molecule has 0 aromatic heterocycles. The molecule has 2 aliphatic rings. The maximum atomic E-state index is 13.0. The molecule has 0 aromatic carbocycles. The number of hydrogen-bond acceptors (Lipinski definition) is 2. The average Bonchev–Trinajstić information content (AvgIpc) is 2.70. The first-order chi connectivity index (χ1) is 8.87. The maximum absolute atomic E-state index is 13.0. The highest BCUT2D eigenvalue weighted by molar-refractivity contribution is 5.75. The van der Waals surface area contributed by atoms with Crippen LogP contribution in [0.25, 0.3) is 0 Å². The van der Waals surface area contributed by atoms with E-state index in [1.54, 1.807) is 0 Å². The Bertz CT molecular complexity index is 368. The van der Waals surface area contributed by atoms with Gasteiger partial charge < -0.3 is 15.3 Å². The summed E-state index contributed by atoms with van der Waals surface area (Å²) in [6.07, 6.45) is 1.94. The van der Waals surface area contributed by atoms with Crippen molar-refractivity contribution >= 4 is 12.0 Å². The van der Waals surface area contributed by atoms with Crippen LogP contribution in [-0.2, 0) is 4.79 Å². The van der Waals surface area contributed by atoms with Crippen molar-refractivity contribution in [3.05, 3.63) is 0 Å². The number of carbonyl (C=O) groups excluding carboxylic acids is 1. The van der Waals surface area contributed by atoms with Crippen LogP contribution < -0.4 is 5.32 Å². The molecule has 0 aromatic rings. The van der Waals surface area contributed by atoms with E-state index < -0.39 is 24.5 Å². The van der Waals surface area contributed by atoms with Crippen molar-refractivity contribution in [3.8, 4) is 0 Å². The summed E-state index contributed by atoms with van der Waals surface area (Å²) in [6, 6.07) is -0.562. The molecule has 2 amide bonds. The number of urea groups is 1. The minimum absolute atomic E-state index is 0.0727. The van der Waals surface area contributed by atoms with E-state index in [0.717, 1.165) is 4.90 Å². The third kappa shape index (κ3) is 3.54. The molecule has 2 N–H and O–H groups in total. The number of carboxylic acid groups (broad SMARTS) is 1. The molecule has 0 spiro atoms. The van der Waals surface area contributed by atoms with Gasteiger partial charge in [0.2, 0.25) is 0 Å². The van der Waals surface area contributed by atoms with Gasteiger partial charge in [-0.1, -0.05) is 0 Å². The Hall–Kier alpha value is -1.40. The second-order valence-electron chi connectivity index (χ2n) is 5.36. The molecule has 0 atom stereocenters. The van der Waals surface area contributed by atoms with E-state index in [1.807, 2.05) is 0 Å². The highest BCUT2D eigenvalue weighted by Crippen LogP contribution is 2.28. The third-order valence-corrected chi connectivity index (χ3v) is 3.86. The number of alkyl halides is 2. The average molecular weight is 276 g/mol. The van der Waals surface area contributed by atoms with Crippen LogP contribution in [0.5, 0.6) is 0 Å². The van der Waals surface area contributed by atoms with Crippen LogP contribution in [0.3, 0.4) is 0 Å². The van der Waals surface area contributed by atoms with Gasteiger partial charge in [0.15, 0.2) is 0 Å². The number of amides is 2. The van der Waals surface area contributed by atoms with Gasteiger partial charge in [-0.3, -0.25) is 4.79 Å².